The molecule has 186 valence electrons. The number of amides is 1. The molecular weight excluding hydrogens is 456 g/mol. The standard InChI is InChI=1S/C25H29F2N5O3/c1-30-7-8-35-14-23(30)24(33)29-21-13-31(6-4-19(21)16-9-17(26)11-18(27)10-16)25(34)20-3-2-5-32-15-28-12-22(20)32/h2-3,5,9-12,15,19,21,23-24,29,33H,4,6-8,13-14H2,1H3/t19-,21+,23+,24?/m0/s1. The molecule has 0 spiro atoms. The number of carbonyl (C=O) groups excluding carboxylic acids is 1. The number of likely N-dealkylation sites (tertiary alicyclic amines) is 1. The van der Waals surface area contributed by atoms with Crippen molar-refractivity contribution in [2.24, 2.45) is 0 Å². The molecule has 1 amide bonds. The summed E-state index contributed by atoms with van der Waals surface area (Å²) in [6.07, 6.45) is 4.65. The van der Waals surface area contributed by atoms with Crippen LogP contribution in [0.2, 0.25) is 0 Å². The van der Waals surface area contributed by atoms with Crippen LogP contribution in [-0.4, -0.2) is 88.4 Å². The summed E-state index contributed by atoms with van der Waals surface area (Å²) >= 11 is 0. The van der Waals surface area contributed by atoms with Crippen LogP contribution in [0.5, 0.6) is 0 Å². The number of hydrogen-bond acceptors (Lipinski definition) is 6. The van der Waals surface area contributed by atoms with E-state index < -0.39 is 23.9 Å². The number of ether oxygens (including phenoxy) is 1. The molecule has 10 heteroatoms. The number of nitrogens with one attached hydrogen (secondary N) is 1. The number of aliphatic hydroxyl groups excluding tert-OH is 1. The first-order chi connectivity index (χ1) is 16.9. The number of nitrogens with zero attached hydrogens (tertiary/aromatic N) is 4. The van der Waals surface area contributed by atoms with Crippen LogP contribution in [0.25, 0.3) is 5.52 Å². The van der Waals surface area contributed by atoms with Crippen LogP contribution >= 0.6 is 0 Å². The SMILES string of the molecule is CN1CCOC[C@@H]1C(O)N[C@@H]1CN(C(=O)c2cccn3cncc23)CC[C@H]1c1cc(F)cc(F)c1. The summed E-state index contributed by atoms with van der Waals surface area (Å²) in [5.74, 6) is -1.74. The number of morpholine rings is 1. The number of pyridine rings is 1. The summed E-state index contributed by atoms with van der Waals surface area (Å²) in [4.78, 5) is 21.4. The van der Waals surface area contributed by atoms with Crippen molar-refractivity contribution in [1.82, 2.24) is 24.5 Å². The molecule has 2 fully saturated rings. The molecule has 1 aromatic carbocycles. The second kappa shape index (κ2) is 9.98. The monoisotopic (exact) mass is 485 g/mol. The van der Waals surface area contributed by atoms with Crippen LogP contribution in [0, 0.1) is 11.6 Å². The number of carbonyl (C=O) groups is 1. The quantitative estimate of drug-likeness (QED) is 0.537. The molecule has 4 atom stereocenters. The highest BCUT2D eigenvalue weighted by molar-refractivity contribution is 6.00. The summed E-state index contributed by atoms with van der Waals surface area (Å²) in [7, 11) is 1.92. The maximum Gasteiger partial charge on any atom is 0.256 e. The van der Waals surface area contributed by atoms with Crippen LogP contribution in [0.3, 0.4) is 0 Å². The van der Waals surface area contributed by atoms with Crippen molar-refractivity contribution in [1.29, 1.82) is 0 Å². The van der Waals surface area contributed by atoms with Gasteiger partial charge in [0.2, 0.25) is 0 Å². The van der Waals surface area contributed by atoms with E-state index in [-0.39, 0.29) is 24.4 Å². The Kier molecular flexibility index (Phi) is 6.79. The Morgan fingerprint density at radius 1 is 1.26 bits per heavy atom. The Morgan fingerprint density at radius 3 is 2.83 bits per heavy atom. The molecule has 2 aliphatic heterocycles. The predicted molar refractivity (Wildman–Crippen MR) is 125 cm³/mol. The average Bonchev–Trinajstić information content (AvgIpc) is 3.32. The first-order valence-electron chi connectivity index (χ1n) is 11.8. The number of piperidine rings is 1. The van der Waals surface area contributed by atoms with E-state index in [9.17, 15) is 18.7 Å². The first kappa shape index (κ1) is 23.8. The topological polar surface area (TPSA) is 82.3 Å². The number of aromatic nitrogens is 2. The van der Waals surface area contributed by atoms with Crippen LogP contribution in [0.15, 0.2) is 49.1 Å². The lowest BCUT2D eigenvalue weighted by molar-refractivity contribution is -0.0639. The second-order valence-corrected chi connectivity index (χ2v) is 9.30. The lowest BCUT2D eigenvalue weighted by Crippen LogP contribution is -2.60. The van der Waals surface area contributed by atoms with Gasteiger partial charge in [0.1, 0.15) is 17.9 Å². The molecule has 4 heterocycles. The van der Waals surface area contributed by atoms with Crippen LogP contribution in [-0.2, 0) is 4.74 Å². The molecular formula is C25H29F2N5O3. The maximum absolute atomic E-state index is 14.1. The zero-order valence-corrected chi connectivity index (χ0v) is 19.5. The molecule has 0 aliphatic carbocycles. The molecule has 2 aromatic heterocycles. The molecule has 2 saturated heterocycles. The maximum atomic E-state index is 14.1. The average molecular weight is 486 g/mol. The lowest BCUT2D eigenvalue weighted by atomic mass is 9.84. The van der Waals surface area contributed by atoms with E-state index >= 15 is 0 Å². The van der Waals surface area contributed by atoms with E-state index in [2.05, 4.69) is 10.3 Å². The molecule has 0 saturated carbocycles. The van der Waals surface area contributed by atoms with E-state index in [1.807, 2.05) is 18.1 Å². The van der Waals surface area contributed by atoms with Gasteiger partial charge in [-0.05, 0) is 43.3 Å². The van der Waals surface area contributed by atoms with Gasteiger partial charge < -0.3 is 19.1 Å². The molecule has 1 unspecified atom stereocenters. The van der Waals surface area contributed by atoms with Crippen molar-refractivity contribution in [2.45, 2.75) is 30.7 Å². The van der Waals surface area contributed by atoms with Gasteiger partial charge in [-0.25, -0.2) is 13.8 Å². The number of imidazole rings is 1. The lowest BCUT2D eigenvalue weighted by Gasteiger charge is -2.43. The van der Waals surface area contributed by atoms with Crippen molar-refractivity contribution in [3.63, 3.8) is 0 Å². The number of hydrogen-bond donors (Lipinski definition) is 2. The number of benzene rings is 1. The van der Waals surface area contributed by atoms with Crippen LogP contribution in [0.4, 0.5) is 8.78 Å². The smallest absolute Gasteiger partial charge is 0.256 e. The number of aliphatic hydroxyl groups is 1. The Hall–Kier alpha value is -2.92. The summed E-state index contributed by atoms with van der Waals surface area (Å²) < 4.78 is 35.4. The van der Waals surface area contributed by atoms with E-state index in [0.717, 1.165) is 6.07 Å². The fourth-order valence-electron chi connectivity index (χ4n) is 5.16. The summed E-state index contributed by atoms with van der Waals surface area (Å²) in [6.45, 7) is 2.33. The fourth-order valence-corrected chi connectivity index (χ4v) is 5.16. The van der Waals surface area contributed by atoms with Crippen molar-refractivity contribution in [3.05, 3.63) is 71.8 Å². The zero-order valence-electron chi connectivity index (χ0n) is 19.5. The largest absolute Gasteiger partial charge is 0.378 e. The third-order valence-electron chi connectivity index (χ3n) is 7.09. The van der Waals surface area contributed by atoms with E-state index in [1.165, 1.54) is 12.1 Å². The highest BCUT2D eigenvalue weighted by Gasteiger charge is 2.37. The minimum Gasteiger partial charge on any atom is -0.378 e. The van der Waals surface area contributed by atoms with Crippen LogP contribution in [0.1, 0.15) is 28.3 Å². The van der Waals surface area contributed by atoms with Crippen molar-refractivity contribution in [2.75, 3.05) is 39.9 Å². The zero-order chi connectivity index (χ0) is 24.5. The number of halogens is 2. The van der Waals surface area contributed by atoms with Crippen molar-refractivity contribution < 1.29 is 23.4 Å². The summed E-state index contributed by atoms with van der Waals surface area (Å²) in [5, 5.41) is 14.3. The summed E-state index contributed by atoms with van der Waals surface area (Å²) in [5.41, 5.74) is 1.74. The normalized spacial score (nSPS) is 24.6. The molecule has 0 radical (unpaired) electrons. The Morgan fingerprint density at radius 2 is 2.06 bits per heavy atom. The van der Waals surface area contributed by atoms with Gasteiger partial charge in [0.25, 0.3) is 5.91 Å². The van der Waals surface area contributed by atoms with Gasteiger partial charge in [0.05, 0.1) is 42.9 Å². The minimum atomic E-state index is -0.945. The molecule has 8 nitrogen and oxygen atoms in total. The number of fused-ring (bicyclic) bond motifs is 1. The third kappa shape index (κ3) is 4.92. The van der Waals surface area contributed by atoms with Gasteiger partial charge in [0.15, 0.2) is 0 Å². The van der Waals surface area contributed by atoms with Gasteiger partial charge in [-0.3, -0.25) is 15.0 Å². The van der Waals surface area contributed by atoms with E-state index in [4.69, 9.17) is 4.74 Å². The van der Waals surface area contributed by atoms with Gasteiger partial charge >= 0.3 is 0 Å². The van der Waals surface area contributed by atoms with E-state index in [1.54, 1.807) is 34.0 Å². The van der Waals surface area contributed by atoms with Gasteiger partial charge in [-0.2, -0.15) is 0 Å². The molecule has 2 N–H and O–H groups in total. The number of likely N-dealkylation sites (N-methyl/N-ethyl adjacent to an activating group) is 1. The molecule has 5 rings (SSSR count). The Bertz CT molecular complexity index is 1180. The molecule has 0 bridgehead atoms. The second-order valence-electron chi connectivity index (χ2n) is 9.30. The Labute approximate surface area is 202 Å². The molecule has 35 heavy (non-hydrogen) atoms. The van der Waals surface area contributed by atoms with Gasteiger partial charge in [-0.1, -0.05) is 0 Å². The fraction of sp³-hybridized carbons (Fsp3) is 0.440. The summed E-state index contributed by atoms with van der Waals surface area (Å²) in [6, 6.07) is 6.36. The molecule has 3 aromatic rings. The minimum absolute atomic E-state index is 0.153. The van der Waals surface area contributed by atoms with Crippen molar-refractivity contribution in [3.8, 4) is 0 Å². The van der Waals surface area contributed by atoms with Gasteiger partial charge in [0, 0.05) is 43.9 Å². The Balaban J connectivity index is 1.41. The van der Waals surface area contributed by atoms with Crippen molar-refractivity contribution >= 4 is 11.4 Å². The van der Waals surface area contributed by atoms with E-state index in [0.29, 0.717) is 49.4 Å². The van der Waals surface area contributed by atoms with Crippen LogP contribution < -0.4 is 5.32 Å². The number of rotatable bonds is 5. The highest BCUT2D eigenvalue weighted by Crippen LogP contribution is 2.31. The first-order valence-corrected chi connectivity index (χ1v) is 11.8. The third-order valence-corrected chi connectivity index (χ3v) is 7.09. The molecule has 2 aliphatic rings. The van der Waals surface area contributed by atoms with Gasteiger partial charge in [-0.15, -0.1) is 0 Å². The highest BCUT2D eigenvalue weighted by atomic mass is 19.1. The predicted octanol–water partition coefficient (Wildman–Crippen LogP) is 1.85.